The smallest absolute Gasteiger partial charge is 0.233 e. The predicted octanol–water partition coefficient (Wildman–Crippen LogP) is 47.6. The molecule has 0 rings (SSSR count). The summed E-state index contributed by atoms with van der Waals surface area (Å²) < 4.78 is 166. The molecule has 0 atom stereocenters. The summed E-state index contributed by atoms with van der Waals surface area (Å²) >= 11 is 0. The molecule has 0 aromatic heterocycles. The molecule has 28 heteroatoms. The summed E-state index contributed by atoms with van der Waals surface area (Å²) in [5, 5.41) is 0. The lowest BCUT2D eigenvalue weighted by molar-refractivity contribution is 0.362. The van der Waals surface area contributed by atoms with Crippen molar-refractivity contribution in [2.45, 2.75) is 577 Å². The Morgan fingerprint density at radius 2 is 0.186 bits per heavy atom. The topological polar surface area (TPSA) is 142 Å². The van der Waals surface area contributed by atoms with Gasteiger partial charge in [0, 0.05) is 0 Å². The van der Waals surface area contributed by atoms with Crippen molar-refractivity contribution in [1.29, 1.82) is 0 Å². The second-order valence-electron chi connectivity index (χ2n) is 40.6. The lowest BCUT2D eigenvalue weighted by atomic mass is 10.2. The molecule has 0 unspecified atom stereocenters. The van der Waals surface area contributed by atoms with Gasteiger partial charge in [-0.15, -0.1) is 99.3 Å². The zero-order valence-corrected chi connectivity index (χ0v) is 108. The van der Waals surface area contributed by atoms with Crippen LogP contribution in [0.15, 0.2) is 0 Å². The highest BCUT2D eigenvalue weighted by Gasteiger charge is 2.46. The summed E-state index contributed by atoms with van der Waals surface area (Å²) in [5.41, 5.74) is 0. The molecule has 0 amide bonds. The lowest BCUT2D eigenvalue weighted by Gasteiger charge is -2.43. The summed E-state index contributed by atoms with van der Waals surface area (Å²) in [7, 11) is -32.4. The molecule has 0 aliphatic heterocycles. The van der Waals surface area contributed by atoms with Gasteiger partial charge in [-0.3, -0.25) is 0 Å². The highest BCUT2D eigenvalue weighted by Crippen LogP contribution is 2.78. The third-order valence-electron chi connectivity index (χ3n) is 28.1. The van der Waals surface area contributed by atoms with Crippen molar-refractivity contribution in [2.24, 2.45) is 0 Å². The molecule has 0 aromatic carbocycles. The summed E-state index contributed by atoms with van der Waals surface area (Å²) in [6.45, 7) is 52.1. The second-order valence-corrected chi connectivity index (χ2v) is 75.4. The fraction of sp³-hybridized carbons (Fsp3) is 1.00. The summed E-state index contributed by atoms with van der Waals surface area (Å²) in [6.07, 6.45) is 72.6. The first-order valence-electron chi connectivity index (χ1n) is 60.1. The molecule has 0 N–H and O–H groups in total. The van der Waals surface area contributed by atoms with Crippen LogP contribution in [-0.4, -0.2) is 138 Å². The van der Waals surface area contributed by atoms with Gasteiger partial charge < -0.3 is 0 Å². The maximum atomic E-state index is 15.9. The van der Waals surface area contributed by atoms with E-state index in [-0.39, 0.29) is 0 Å². The van der Waals surface area contributed by atoms with Gasteiger partial charge in [0.1, 0.15) is 0 Å². The summed E-state index contributed by atoms with van der Waals surface area (Å²) in [6, 6.07) is 0. The lowest BCUT2D eigenvalue weighted by Crippen LogP contribution is -2.18. The van der Waals surface area contributed by atoms with E-state index in [1.54, 1.807) is 0 Å². The zero-order valence-electron chi connectivity index (χ0n) is 97.7. The summed E-state index contributed by atoms with van der Waals surface area (Å²) in [4.78, 5) is 0. The number of rotatable bonds is 104. The number of halogens is 4. The van der Waals surface area contributed by atoms with Gasteiger partial charge in [-0.2, -0.15) is 0 Å². The minimum absolute atomic E-state index is 0.768. The van der Waals surface area contributed by atoms with Crippen molar-refractivity contribution in [3.63, 3.8) is 0 Å². The Labute approximate surface area is 888 Å². The molecule has 0 fully saturated rings. The van der Waals surface area contributed by atoms with Crippen LogP contribution in [0.5, 0.6) is 0 Å². The van der Waals surface area contributed by atoms with E-state index in [1.807, 2.05) is 0 Å². The fourth-order valence-corrected chi connectivity index (χ4v) is 57.8. The third-order valence-corrected chi connectivity index (χ3v) is 68.9. The Morgan fingerprint density at radius 3 is 0.236 bits per heavy atom. The summed E-state index contributed by atoms with van der Waals surface area (Å²) in [5.74, 6) is 19.8. The van der Waals surface area contributed by atoms with Crippen LogP contribution < -0.4 is 0 Å². The van der Waals surface area contributed by atoms with E-state index in [1.165, 1.54) is 205 Å². The highest BCUT2D eigenvalue weighted by atomic mass is 32.3. The van der Waals surface area contributed by atoms with E-state index in [2.05, 4.69) is 166 Å². The first kappa shape index (κ1) is 149. The molecule has 0 aromatic rings. The molecular weight excluding hydrogens is 1990 g/mol. The van der Waals surface area contributed by atoms with Crippen molar-refractivity contribution in [3.8, 4) is 0 Å². The van der Waals surface area contributed by atoms with Crippen LogP contribution >= 0.6 is 114 Å². The number of hydrogen-bond donors (Lipinski definition) is 0. The molecule has 140 heavy (non-hydrogen) atoms. The van der Waals surface area contributed by atoms with Gasteiger partial charge in [-0.05, 0) is 241 Å². The Hall–Kier alpha value is 3.12. The van der Waals surface area contributed by atoms with Crippen LogP contribution in [0.25, 0.3) is 0 Å². The fourth-order valence-electron chi connectivity index (χ4n) is 18.4. The molecule has 0 aliphatic rings. The molecule has 0 aliphatic carbocycles. The first-order valence-corrected chi connectivity index (χ1v) is 82.4. The first-order chi connectivity index (χ1) is 67.1. The van der Waals surface area contributed by atoms with E-state index < -0.39 is 114 Å². The normalized spacial score (nSPS) is 13.9. The van der Waals surface area contributed by atoms with Crippen LogP contribution in [0.2, 0.25) is 0 Å². The Balaban J connectivity index is -0.000000881. The van der Waals surface area contributed by atoms with Crippen LogP contribution in [0, 0.1) is 0 Å². The number of hydrogen-bond acceptors (Lipinski definition) is 12. The van der Waals surface area contributed by atoms with Gasteiger partial charge in [0.2, 0.25) is 0 Å². The molecule has 0 saturated carbocycles. The highest BCUT2D eigenvalue weighted by molar-refractivity contribution is 8.35. The molecule has 864 valence electrons. The SMILES string of the molecule is CCCCCCS(CC)(CCCCCC)OP(=O)(F)OS(CC)(CCCCCC)CCCCCC.CCCCCCS(CC)(CCCCCC)OP(=O)(F)OS(CC)(CCCCCC)CCCCCC.CCCCCCS(CC)(CCCCCC)OP(=O)(F)OS(CC)(CCCCCC)CCCCCC.CCCCCCS(CC)(CCCCCC)OP(=O)(F)OS(CC)(CCCCCC)CCCCCC. The zero-order chi connectivity index (χ0) is 106. The molecule has 0 saturated heterocycles. The molecule has 12 nitrogen and oxygen atoms in total. The molecular formula is C112H248F4O12P4S8. The van der Waals surface area contributed by atoms with Crippen molar-refractivity contribution >= 4 is 114 Å². The number of unbranched alkanes of at least 4 members (excludes halogenated alkanes) is 48. The van der Waals surface area contributed by atoms with E-state index in [4.69, 9.17) is 31.8 Å². The van der Waals surface area contributed by atoms with Crippen molar-refractivity contribution in [2.75, 3.05) is 138 Å². The Bertz CT molecular complexity index is 2250. The maximum Gasteiger partial charge on any atom is 0.532 e. The van der Waals surface area contributed by atoms with E-state index in [9.17, 15) is 18.3 Å². The van der Waals surface area contributed by atoms with Crippen LogP contribution in [0.3, 0.4) is 0 Å². The Morgan fingerprint density at radius 1 is 0.121 bits per heavy atom. The molecule has 0 spiro atoms. The van der Waals surface area contributed by atoms with Crippen LogP contribution in [0.4, 0.5) is 16.8 Å². The van der Waals surface area contributed by atoms with Crippen molar-refractivity contribution < 1.29 is 66.8 Å². The average Bonchev–Trinajstić information content (AvgIpc) is 0.820. The monoisotopic (exact) mass is 2240 g/mol. The van der Waals surface area contributed by atoms with Gasteiger partial charge in [-0.25, -0.2) is 50.0 Å². The van der Waals surface area contributed by atoms with Crippen LogP contribution in [-0.2, 0) is 50.0 Å². The Kier molecular flexibility index (Phi) is 103. The van der Waals surface area contributed by atoms with Gasteiger partial charge in [-0.1, -0.05) is 474 Å². The van der Waals surface area contributed by atoms with Gasteiger partial charge in [0.05, 0.1) is 0 Å². The standard InChI is InChI=1S/4C28H62FO3PS2/c4*1-7-13-17-21-25-34(11-5,26-22-18-14-8-2)31-33(29,30)32-35(12-6,27-23-19-15-9-3)28-24-20-16-10-4/h4*7-28H2,1-6H3. The largest absolute Gasteiger partial charge is 0.532 e. The van der Waals surface area contributed by atoms with E-state index in [0.717, 1.165) is 344 Å². The van der Waals surface area contributed by atoms with Gasteiger partial charge >= 0.3 is 31.6 Å². The molecule has 0 radical (unpaired) electrons. The minimum Gasteiger partial charge on any atom is -0.233 e. The van der Waals surface area contributed by atoms with Gasteiger partial charge in [0.15, 0.2) is 0 Å². The third kappa shape index (κ3) is 79.1. The van der Waals surface area contributed by atoms with Gasteiger partial charge in [0.25, 0.3) is 0 Å². The van der Waals surface area contributed by atoms with E-state index >= 15 is 16.8 Å². The molecule has 0 heterocycles. The minimum atomic E-state index is -4.62. The van der Waals surface area contributed by atoms with Crippen molar-refractivity contribution in [3.05, 3.63) is 0 Å². The predicted molar refractivity (Wildman–Crippen MR) is 653 cm³/mol. The van der Waals surface area contributed by atoms with Crippen LogP contribution in [0.1, 0.15) is 577 Å². The van der Waals surface area contributed by atoms with Crippen molar-refractivity contribution in [1.82, 2.24) is 0 Å². The quantitative estimate of drug-likeness (QED) is 0.0325. The average molecular weight is 2240 g/mol. The maximum absolute atomic E-state index is 15.9. The van der Waals surface area contributed by atoms with E-state index in [0.29, 0.717) is 0 Å². The second kappa shape index (κ2) is 96.7. The molecule has 0 bridgehead atoms.